The first-order valence-corrected chi connectivity index (χ1v) is 10.6. The van der Waals surface area contributed by atoms with Crippen LogP contribution in [-0.4, -0.2) is 36.4 Å². The number of nitrogens with zero attached hydrogens (tertiary/aromatic N) is 1. The highest BCUT2D eigenvalue weighted by Crippen LogP contribution is 2.33. The van der Waals surface area contributed by atoms with Gasteiger partial charge in [0.25, 0.3) is 5.91 Å². The Bertz CT molecular complexity index is 1070. The van der Waals surface area contributed by atoms with Gasteiger partial charge in [-0.2, -0.15) is 0 Å². The van der Waals surface area contributed by atoms with Crippen LogP contribution in [0.4, 0.5) is 0 Å². The van der Waals surface area contributed by atoms with Gasteiger partial charge in [-0.05, 0) is 57.4 Å². The summed E-state index contributed by atoms with van der Waals surface area (Å²) in [6.07, 6.45) is 0. The van der Waals surface area contributed by atoms with Crippen molar-refractivity contribution in [3.63, 3.8) is 0 Å². The molecule has 0 saturated carbocycles. The Morgan fingerprint density at radius 1 is 1.13 bits per heavy atom. The van der Waals surface area contributed by atoms with Gasteiger partial charge in [-0.1, -0.05) is 54.1 Å². The molecule has 0 bridgehead atoms. The highest BCUT2D eigenvalue weighted by atomic mass is 79.9. The van der Waals surface area contributed by atoms with Crippen molar-refractivity contribution in [3.05, 3.63) is 75.7 Å². The number of hydrogen-bond donors (Lipinski definition) is 1. The topological polar surface area (TPSA) is 58.6 Å². The maximum Gasteiger partial charge on any atom is 0.261 e. The van der Waals surface area contributed by atoms with Crippen molar-refractivity contribution in [1.29, 1.82) is 0 Å². The summed E-state index contributed by atoms with van der Waals surface area (Å²) >= 11 is 9.64. The van der Waals surface area contributed by atoms with Gasteiger partial charge in [0, 0.05) is 18.6 Å². The van der Waals surface area contributed by atoms with Gasteiger partial charge in [-0.15, -0.1) is 0 Å². The quantitative estimate of drug-likeness (QED) is 0.519. The van der Waals surface area contributed by atoms with Crippen LogP contribution in [0.3, 0.4) is 0 Å². The van der Waals surface area contributed by atoms with E-state index in [2.05, 4.69) is 21.2 Å². The molecule has 1 atom stereocenters. The molecule has 156 valence electrons. The normalized spacial score (nSPS) is 11.7. The maximum absolute atomic E-state index is 13.0. The molecule has 0 spiro atoms. The third-order valence-electron chi connectivity index (χ3n) is 4.83. The summed E-state index contributed by atoms with van der Waals surface area (Å²) in [4.78, 5) is 26.7. The molecule has 0 saturated heterocycles. The van der Waals surface area contributed by atoms with E-state index >= 15 is 0 Å². The largest absolute Gasteiger partial charge is 0.483 e. The van der Waals surface area contributed by atoms with E-state index in [1.807, 2.05) is 48.5 Å². The number of carbonyl (C=O) groups is 2. The van der Waals surface area contributed by atoms with E-state index in [0.717, 1.165) is 20.8 Å². The zero-order chi connectivity index (χ0) is 21.7. The summed E-state index contributed by atoms with van der Waals surface area (Å²) in [5.41, 5.74) is 0.832. The lowest BCUT2D eigenvalue weighted by Gasteiger charge is -2.28. The lowest BCUT2D eigenvalue weighted by Crippen LogP contribution is -2.48. The Morgan fingerprint density at radius 2 is 1.90 bits per heavy atom. The highest BCUT2D eigenvalue weighted by Gasteiger charge is 2.26. The molecule has 3 aromatic carbocycles. The Hall–Kier alpha value is -2.57. The van der Waals surface area contributed by atoms with Crippen molar-refractivity contribution in [1.82, 2.24) is 10.2 Å². The first kappa shape index (κ1) is 22.1. The molecule has 0 fully saturated rings. The lowest BCUT2D eigenvalue weighted by molar-refractivity contribution is -0.142. The molecule has 5 nitrogen and oxygen atoms in total. The van der Waals surface area contributed by atoms with Gasteiger partial charge in [-0.25, -0.2) is 0 Å². The monoisotopic (exact) mass is 488 g/mol. The van der Waals surface area contributed by atoms with E-state index in [1.54, 1.807) is 26.1 Å². The van der Waals surface area contributed by atoms with Crippen LogP contribution in [0.1, 0.15) is 12.5 Å². The molecule has 0 aliphatic carbocycles. The van der Waals surface area contributed by atoms with E-state index in [-0.39, 0.29) is 25.0 Å². The Kier molecular flexibility index (Phi) is 7.34. The highest BCUT2D eigenvalue weighted by molar-refractivity contribution is 9.10. The number of amides is 2. The van der Waals surface area contributed by atoms with Crippen molar-refractivity contribution in [2.24, 2.45) is 0 Å². The van der Waals surface area contributed by atoms with Crippen molar-refractivity contribution >= 4 is 50.1 Å². The van der Waals surface area contributed by atoms with Crippen LogP contribution < -0.4 is 10.1 Å². The fraction of sp³-hybridized carbons (Fsp3) is 0.217. The SMILES string of the molecule is CNC(=O)[C@H](C)N(Cc1cccc(Cl)c1)C(=O)COc1ccc2ccccc2c1Br. The van der Waals surface area contributed by atoms with Crippen LogP contribution in [0.5, 0.6) is 5.75 Å². The summed E-state index contributed by atoms with van der Waals surface area (Å²) in [6, 6.07) is 18.2. The minimum absolute atomic E-state index is 0.196. The predicted molar refractivity (Wildman–Crippen MR) is 123 cm³/mol. The van der Waals surface area contributed by atoms with E-state index in [4.69, 9.17) is 16.3 Å². The Morgan fingerprint density at radius 3 is 2.63 bits per heavy atom. The van der Waals surface area contributed by atoms with Crippen LogP contribution >= 0.6 is 27.5 Å². The fourth-order valence-corrected chi connectivity index (χ4v) is 3.99. The van der Waals surface area contributed by atoms with Crippen LogP contribution in [0.15, 0.2) is 65.1 Å². The molecule has 2 amide bonds. The van der Waals surface area contributed by atoms with Gasteiger partial charge in [0.05, 0.1) is 4.47 Å². The maximum atomic E-state index is 13.0. The molecule has 1 N–H and O–H groups in total. The van der Waals surface area contributed by atoms with Crippen LogP contribution in [0.25, 0.3) is 10.8 Å². The van der Waals surface area contributed by atoms with E-state index in [0.29, 0.717) is 10.8 Å². The standard InChI is InChI=1S/C23H22BrClN2O3/c1-15(23(29)26-2)27(13-16-6-5-8-18(25)12-16)21(28)14-30-20-11-10-17-7-3-4-9-19(17)22(20)24/h3-12,15H,13-14H2,1-2H3,(H,26,29)/t15-/m0/s1. The minimum atomic E-state index is -0.662. The second-order valence-electron chi connectivity index (χ2n) is 6.83. The van der Waals surface area contributed by atoms with Crippen molar-refractivity contribution in [3.8, 4) is 5.75 Å². The van der Waals surface area contributed by atoms with E-state index in [9.17, 15) is 9.59 Å². The number of fused-ring (bicyclic) bond motifs is 1. The molecule has 3 aromatic rings. The number of carbonyl (C=O) groups excluding carboxylic acids is 2. The molecule has 30 heavy (non-hydrogen) atoms. The van der Waals surface area contributed by atoms with Crippen molar-refractivity contribution < 1.29 is 14.3 Å². The average molecular weight is 490 g/mol. The average Bonchev–Trinajstić information content (AvgIpc) is 2.76. The molecule has 3 rings (SSSR count). The zero-order valence-electron chi connectivity index (χ0n) is 16.7. The number of halogens is 2. The molecule has 0 heterocycles. The van der Waals surface area contributed by atoms with Crippen LogP contribution in [-0.2, 0) is 16.1 Å². The molecular formula is C23H22BrClN2O3. The Labute approximate surface area is 189 Å². The summed E-state index contributed by atoms with van der Waals surface area (Å²) in [7, 11) is 1.55. The number of nitrogens with one attached hydrogen (secondary N) is 1. The van der Waals surface area contributed by atoms with Gasteiger partial charge in [0.2, 0.25) is 5.91 Å². The number of likely N-dealkylation sites (N-methyl/N-ethyl adjacent to an activating group) is 1. The van der Waals surface area contributed by atoms with Gasteiger partial charge in [-0.3, -0.25) is 9.59 Å². The zero-order valence-corrected chi connectivity index (χ0v) is 19.0. The fourth-order valence-electron chi connectivity index (χ4n) is 3.17. The second-order valence-corrected chi connectivity index (χ2v) is 8.06. The van der Waals surface area contributed by atoms with Crippen LogP contribution in [0, 0.1) is 0 Å². The minimum Gasteiger partial charge on any atom is -0.483 e. The summed E-state index contributed by atoms with van der Waals surface area (Å²) in [5, 5.41) is 5.23. The smallest absolute Gasteiger partial charge is 0.261 e. The summed E-state index contributed by atoms with van der Waals surface area (Å²) in [6.45, 7) is 1.74. The molecule has 7 heteroatoms. The summed E-state index contributed by atoms with van der Waals surface area (Å²) in [5.74, 6) is 0.0146. The third kappa shape index (κ3) is 5.12. The molecular weight excluding hydrogens is 468 g/mol. The van der Waals surface area contributed by atoms with Gasteiger partial charge in [0.1, 0.15) is 11.8 Å². The molecule has 0 aromatic heterocycles. The van der Waals surface area contributed by atoms with Crippen LogP contribution in [0.2, 0.25) is 5.02 Å². The molecule has 0 unspecified atom stereocenters. The number of ether oxygens (including phenoxy) is 1. The predicted octanol–water partition coefficient (Wildman–Crippen LogP) is 4.80. The molecule has 0 aliphatic heterocycles. The van der Waals surface area contributed by atoms with Gasteiger partial charge >= 0.3 is 0 Å². The van der Waals surface area contributed by atoms with E-state index < -0.39 is 6.04 Å². The van der Waals surface area contributed by atoms with Gasteiger partial charge < -0.3 is 15.0 Å². The van der Waals surface area contributed by atoms with E-state index in [1.165, 1.54) is 4.90 Å². The second kappa shape index (κ2) is 9.96. The third-order valence-corrected chi connectivity index (χ3v) is 5.89. The number of benzene rings is 3. The number of rotatable bonds is 7. The van der Waals surface area contributed by atoms with Crippen molar-refractivity contribution in [2.45, 2.75) is 19.5 Å². The summed E-state index contributed by atoms with van der Waals surface area (Å²) < 4.78 is 6.60. The first-order valence-electron chi connectivity index (χ1n) is 9.46. The lowest BCUT2D eigenvalue weighted by atomic mass is 10.1. The first-order chi connectivity index (χ1) is 14.4. The van der Waals surface area contributed by atoms with Crippen molar-refractivity contribution in [2.75, 3.05) is 13.7 Å². The van der Waals surface area contributed by atoms with Gasteiger partial charge in [0.15, 0.2) is 6.61 Å². The number of hydrogen-bond acceptors (Lipinski definition) is 3. The molecule has 0 radical (unpaired) electrons. The Balaban J connectivity index is 1.79. The molecule has 0 aliphatic rings.